The first-order chi connectivity index (χ1) is 19.7. The number of hydrogen-bond acceptors (Lipinski definition) is 7. The van der Waals surface area contributed by atoms with Gasteiger partial charge in [0.05, 0.1) is 24.4 Å². The highest BCUT2D eigenvalue weighted by molar-refractivity contribution is 6.00. The van der Waals surface area contributed by atoms with E-state index in [9.17, 15) is 9.18 Å². The highest BCUT2D eigenvalue weighted by Gasteiger charge is 2.73. The van der Waals surface area contributed by atoms with Gasteiger partial charge in [0.25, 0.3) is 0 Å². The van der Waals surface area contributed by atoms with Crippen LogP contribution in [0, 0.1) is 10.8 Å². The number of anilines is 1. The zero-order valence-electron chi connectivity index (χ0n) is 24.2. The Morgan fingerprint density at radius 2 is 1.76 bits per heavy atom. The van der Waals surface area contributed by atoms with Gasteiger partial charge in [0, 0.05) is 29.1 Å². The minimum atomic E-state index is -1.13. The molecule has 0 unspecified atom stereocenters. The summed E-state index contributed by atoms with van der Waals surface area (Å²) in [6.45, 7) is 7.27. The zero-order chi connectivity index (χ0) is 28.5. The molecule has 0 saturated heterocycles. The molecule has 6 aliphatic rings. The summed E-state index contributed by atoms with van der Waals surface area (Å²) in [4.78, 5) is 29.9. The van der Waals surface area contributed by atoms with Crippen LogP contribution in [0.25, 0.3) is 11.4 Å². The van der Waals surface area contributed by atoms with Gasteiger partial charge in [-0.2, -0.15) is 4.98 Å². The summed E-state index contributed by atoms with van der Waals surface area (Å²) in [5.41, 5.74) is -0.0638. The first kappa shape index (κ1) is 26.5. The van der Waals surface area contributed by atoms with Crippen LogP contribution in [0.2, 0.25) is 0 Å². The van der Waals surface area contributed by atoms with Crippen molar-refractivity contribution in [3.63, 3.8) is 0 Å². The molecule has 0 aliphatic heterocycles. The number of amides is 1. The summed E-state index contributed by atoms with van der Waals surface area (Å²) in [5.74, 6) is 3.06. The van der Waals surface area contributed by atoms with E-state index in [2.05, 4.69) is 29.0 Å². The molecule has 2 aromatic heterocycles. The molecule has 1 amide bonds. The van der Waals surface area contributed by atoms with E-state index in [1.807, 2.05) is 36.1 Å². The Labute approximate surface area is 240 Å². The van der Waals surface area contributed by atoms with Crippen molar-refractivity contribution in [1.82, 2.24) is 20.1 Å². The van der Waals surface area contributed by atoms with Crippen molar-refractivity contribution in [3.05, 3.63) is 48.4 Å². The maximum Gasteiger partial charge on any atom is 0.233 e. The third-order valence-corrected chi connectivity index (χ3v) is 10.3. The summed E-state index contributed by atoms with van der Waals surface area (Å²) in [6.07, 6.45) is 10.3. The Balaban J connectivity index is 1.15. The zero-order valence-corrected chi connectivity index (χ0v) is 24.2. The normalized spacial score (nSPS) is 31.4. The van der Waals surface area contributed by atoms with Crippen molar-refractivity contribution in [1.29, 1.82) is 0 Å². The Kier molecular flexibility index (Phi) is 6.04. The van der Waals surface area contributed by atoms with E-state index in [0.717, 1.165) is 61.5 Å². The lowest BCUT2D eigenvalue weighted by molar-refractivity contribution is -0.211. The molecule has 0 atom stereocenters. The lowest BCUT2D eigenvalue weighted by Crippen LogP contribution is -2.71. The molecule has 0 N–H and O–H groups in total. The number of alkyl halides is 1. The fourth-order valence-corrected chi connectivity index (χ4v) is 7.82. The number of rotatable bonds is 9. The number of benzene rings is 1. The van der Waals surface area contributed by atoms with E-state index < -0.39 is 11.1 Å². The van der Waals surface area contributed by atoms with Crippen LogP contribution in [0.5, 0.6) is 5.75 Å². The van der Waals surface area contributed by atoms with Gasteiger partial charge < -0.3 is 14.2 Å². The number of aromatic nitrogens is 4. The number of fused-ring (bicyclic) bond motifs is 3. The summed E-state index contributed by atoms with van der Waals surface area (Å²) in [7, 11) is 0. The molecule has 9 rings (SSSR count). The van der Waals surface area contributed by atoms with E-state index in [4.69, 9.17) is 14.2 Å². The van der Waals surface area contributed by atoms with Gasteiger partial charge >= 0.3 is 0 Å². The largest absolute Gasteiger partial charge is 0.491 e. The monoisotopic (exact) mass is 559 g/mol. The predicted molar refractivity (Wildman–Crippen MR) is 151 cm³/mol. The van der Waals surface area contributed by atoms with Gasteiger partial charge in [-0.3, -0.25) is 4.79 Å². The molecule has 216 valence electrons. The topological polar surface area (TPSA) is 94.2 Å². The molecule has 0 radical (unpaired) electrons. The third-order valence-electron chi connectivity index (χ3n) is 10.3. The van der Waals surface area contributed by atoms with Crippen LogP contribution in [0.15, 0.2) is 41.2 Å². The Morgan fingerprint density at radius 3 is 2.34 bits per heavy atom. The van der Waals surface area contributed by atoms with Gasteiger partial charge in [0.1, 0.15) is 5.67 Å². The second-order valence-corrected chi connectivity index (χ2v) is 13.5. The minimum absolute atomic E-state index is 0.0148. The van der Waals surface area contributed by atoms with E-state index in [-0.39, 0.29) is 22.7 Å². The summed E-state index contributed by atoms with van der Waals surface area (Å²) < 4.78 is 25.8. The Morgan fingerprint density at radius 1 is 1.07 bits per heavy atom. The van der Waals surface area contributed by atoms with Crippen molar-refractivity contribution in [2.45, 2.75) is 95.6 Å². The van der Waals surface area contributed by atoms with E-state index in [1.165, 1.54) is 0 Å². The van der Waals surface area contributed by atoms with Crippen LogP contribution < -0.4 is 9.64 Å². The molecular weight excluding hydrogens is 521 g/mol. The van der Waals surface area contributed by atoms with Crippen molar-refractivity contribution in [2.75, 3.05) is 18.1 Å². The number of hydrogen-bond donors (Lipinski definition) is 0. The molecule has 8 nitrogen and oxygen atoms in total. The van der Waals surface area contributed by atoms with E-state index in [0.29, 0.717) is 44.0 Å². The van der Waals surface area contributed by atoms with Crippen molar-refractivity contribution in [3.8, 4) is 17.1 Å². The standard InChI is InChI=1S/C32H38FN5O3/c1-4-40-24-15-34-26(35-16-24)22-6-5-7-23(14-22)38(28(39)31-17-32(33,18-31)19-31)20-29-8-11-30(12-9-29,13-10-29)27-36-25(21(2)3)37-41-27/h5-7,14-16,21H,4,8-13,17-20H2,1-3H3. The van der Waals surface area contributed by atoms with Gasteiger partial charge in [-0.1, -0.05) is 31.1 Å². The van der Waals surface area contributed by atoms with Gasteiger partial charge in [-0.15, -0.1) is 0 Å². The van der Waals surface area contributed by atoms with Crippen LogP contribution in [0.3, 0.4) is 0 Å². The maximum atomic E-state index is 14.6. The summed E-state index contributed by atoms with van der Waals surface area (Å²) in [6, 6.07) is 7.91. The molecular formula is C32H38FN5O3. The molecule has 1 aromatic carbocycles. The molecule has 0 spiro atoms. The second-order valence-electron chi connectivity index (χ2n) is 13.5. The molecule has 4 bridgehead atoms. The van der Waals surface area contributed by atoms with Crippen LogP contribution in [0.1, 0.15) is 96.2 Å². The smallest absolute Gasteiger partial charge is 0.233 e. The lowest BCUT2D eigenvalue weighted by Gasteiger charge is -2.65. The van der Waals surface area contributed by atoms with Crippen molar-refractivity contribution < 1.29 is 18.4 Å². The molecule has 6 aliphatic carbocycles. The molecule has 3 aromatic rings. The molecule has 2 heterocycles. The number of nitrogens with zero attached hydrogens (tertiary/aromatic N) is 5. The van der Waals surface area contributed by atoms with Crippen LogP contribution in [-0.2, 0) is 10.2 Å². The third kappa shape index (κ3) is 4.34. The van der Waals surface area contributed by atoms with E-state index in [1.54, 1.807) is 12.4 Å². The van der Waals surface area contributed by atoms with Crippen LogP contribution in [-0.4, -0.2) is 44.8 Å². The fraction of sp³-hybridized carbons (Fsp3) is 0.594. The SMILES string of the molecule is CCOc1cnc(-c2cccc(N(CC34CCC(c5nc(C(C)C)no5)(CC3)CC4)C(=O)C34CC(F)(C3)C4)c2)nc1. The van der Waals surface area contributed by atoms with Crippen LogP contribution >= 0.6 is 0 Å². The minimum Gasteiger partial charge on any atom is -0.491 e. The van der Waals surface area contributed by atoms with E-state index >= 15 is 0 Å². The average Bonchev–Trinajstić information content (AvgIpc) is 3.47. The highest BCUT2D eigenvalue weighted by Crippen LogP contribution is 2.70. The first-order valence-corrected chi connectivity index (χ1v) is 15.1. The molecule has 9 heteroatoms. The average molecular weight is 560 g/mol. The molecule has 6 saturated carbocycles. The predicted octanol–water partition coefficient (Wildman–Crippen LogP) is 6.57. The second kappa shape index (κ2) is 9.33. The number of carbonyl (C=O) groups excluding carboxylic acids is 1. The highest BCUT2D eigenvalue weighted by atomic mass is 19.1. The van der Waals surface area contributed by atoms with Crippen molar-refractivity contribution >= 4 is 11.6 Å². The number of carbonyl (C=O) groups is 1. The Bertz CT molecular complexity index is 1420. The summed E-state index contributed by atoms with van der Waals surface area (Å²) >= 11 is 0. The Hall–Kier alpha value is -3.36. The van der Waals surface area contributed by atoms with Gasteiger partial charge in [-0.05, 0) is 82.3 Å². The van der Waals surface area contributed by atoms with Crippen LogP contribution in [0.4, 0.5) is 10.1 Å². The molecule has 41 heavy (non-hydrogen) atoms. The fourth-order valence-electron chi connectivity index (χ4n) is 7.82. The van der Waals surface area contributed by atoms with Gasteiger partial charge in [-0.25, -0.2) is 14.4 Å². The number of ether oxygens (including phenoxy) is 1. The quantitative estimate of drug-likeness (QED) is 0.293. The first-order valence-electron chi connectivity index (χ1n) is 15.1. The number of halogens is 1. The van der Waals surface area contributed by atoms with Gasteiger partial charge in [0.15, 0.2) is 17.4 Å². The maximum absolute atomic E-state index is 14.6. The molecule has 6 fully saturated rings. The lowest BCUT2D eigenvalue weighted by atomic mass is 9.41. The summed E-state index contributed by atoms with van der Waals surface area (Å²) in [5, 5.41) is 4.24. The van der Waals surface area contributed by atoms with Gasteiger partial charge in [0.2, 0.25) is 11.8 Å². The van der Waals surface area contributed by atoms with Crippen molar-refractivity contribution in [2.24, 2.45) is 10.8 Å².